The molecule has 1 aromatic carbocycles. The van der Waals surface area contributed by atoms with Gasteiger partial charge < -0.3 is 15.1 Å². The second kappa shape index (κ2) is 8.25. The van der Waals surface area contributed by atoms with Crippen molar-refractivity contribution in [3.05, 3.63) is 50.7 Å². The Kier molecular flexibility index (Phi) is 6.66. The van der Waals surface area contributed by atoms with Crippen LogP contribution >= 0.6 is 30.5 Å². The lowest BCUT2D eigenvalue weighted by atomic mass is 10.0. The molecule has 0 fully saturated rings. The Morgan fingerprint density at radius 2 is 1.81 bits per heavy atom. The van der Waals surface area contributed by atoms with E-state index < -0.39 is 18.7 Å². The van der Waals surface area contributed by atoms with Gasteiger partial charge in [-0.3, -0.25) is 14.2 Å². The van der Waals surface area contributed by atoms with Gasteiger partial charge in [0.05, 0.1) is 10.6 Å². The predicted octanol–water partition coefficient (Wildman–Crippen LogP) is 5.05. The third kappa shape index (κ3) is 4.33. The minimum Gasteiger partial charge on any atom is -0.324 e. The normalized spacial score (nSPS) is 12.1. The smallest absolute Gasteiger partial charge is 0.324 e. The number of amides is 1. The van der Waals surface area contributed by atoms with Gasteiger partial charge in [-0.25, -0.2) is 0 Å². The first-order valence-electron chi connectivity index (χ1n) is 8.33. The minimum absolute atomic E-state index is 0.239. The molecule has 0 aliphatic heterocycles. The lowest BCUT2D eigenvalue weighted by Crippen LogP contribution is -2.23. The van der Waals surface area contributed by atoms with Crippen LogP contribution in [0.15, 0.2) is 30.3 Å². The van der Waals surface area contributed by atoms with Gasteiger partial charge in [-0.15, -0.1) is 11.3 Å². The van der Waals surface area contributed by atoms with E-state index in [-0.39, 0.29) is 18.6 Å². The number of halogens is 1. The number of hydrogen-bond donors (Lipinski definition) is 3. The summed E-state index contributed by atoms with van der Waals surface area (Å²) in [6, 6.07) is 7.71. The van der Waals surface area contributed by atoms with Crippen molar-refractivity contribution in [2.45, 2.75) is 38.8 Å². The van der Waals surface area contributed by atoms with Gasteiger partial charge in [-0.2, -0.15) is 0 Å². The van der Waals surface area contributed by atoms with E-state index in [1.165, 1.54) is 19.1 Å². The van der Waals surface area contributed by atoms with E-state index >= 15 is 0 Å². The van der Waals surface area contributed by atoms with Crippen LogP contribution < -0.4 is 5.32 Å². The number of benzene rings is 1. The number of hydrogen-bond acceptors (Lipinski definition) is 4. The van der Waals surface area contributed by atoms with Gasteiger partial charge in [0.1, 0.15) is 5.16 Å². The molecule has 9 heteroatoms. The standard InChI is InChI=1S/C18H21ClNO5PS/c1-4-18(5-2,26(23,24)25)16-9-8-15(27-16)17(22)20-14-7-6-12(19)10-13(14)11(3)21/h6-10H,4-5H2,1-3H3,(H,20,22)(H2,23,24,25). The lowest BCUT2D eigenvalue weighted by molar-refractivity contribution is 0.101. The second-order valence-corrected chi connectivity index (χ2v) is 9.61. The van der Waals surface area contributed by atoms with Gasteiger partial charge in [0.25, 0.3) is 5.91 Å². The number of Topliss-reactive ketones (excluding diaryl/α,β-unsaturated/α-hetero) is 1. The zero-order valence-electron chi connectivity index (χ0n) is 15.2. The number of thiophene rings is 1. The maximum Gasteiger partial charge on any atom is 0.336 e. The van der Waals surface area contributed by atoms with Crippen LogP contribution in [0.5, 0.6) is 0 Å². The predicted molar refractivity (Wildman–Crippen MR) is 108 cm³/mol. The molecule has 0 spiro atoms. The largest absolute Gasteiger partial charge is 0.336 e. The molecule has 0 aliphatic rings. The highest BCUT2D eigenvalue weighted by Gasteiger charge is 2.46. The summed E-state index contributed by atoms with van der Waals surface area (Å²) in [6.07, 6.45) is 0.502. The van der Waals surface area contributed by atoms with Gasteiger partial charge in [0, 0.05) is 15.5 Å². The van der Waals surface area contributed by atoms with Gasteiger partial charge in [0.15, 0.2) is 5.78 Å². The molecule has 146 valence electrons. The van der Waals surface area contributed by atoms with E-state index in [2.05, 4.69) is 5.32 Å². The third-order valence-electron chi connectivity index (χ3n) is 4.62. The summed E-state index contributed by atoms with van der Waals surface area (Å²) >= 11 is 6.95. The van der Waals surface area contributed by atoms with Gasteiger partial charge in [-0.05, 0) is 50.1 Å². The first-order chi connectivity index (χ1) is 12.6. The Balaban J connectivity index is 2.36. The average molecular weight is 430 g/mol. The zero-order chi connectivity index (χ0) is 20.4. The van der Waals surface area contributed by atoms with Crippen molar-refractivity contribution in [1.82, 2.24) is 0 Å². The summed E-state index contributed by atoms with van der Waals surface area (Å²) in [6.45, 7) is 4.81. The van der Waals surface area contributed by atoms with E-state index in [1.807, 2.05) is 0 Å². The monoisotopic (exact) mass is 429 g/mol. The molecule has 2 aromatic rings. The topological polar surface area (TPSA) is 104 Å². The number of ketones is 1. The molecular weight excluding hydrogens is 409 g/mol. The number of carbonyl (C=O) groups excluding carboxylic acids is 2. The van der Waals surface area contributed by atoms with Crippen molar-refractivity contribution >= 4 is 47.9 Å². The Labute approximate surface area is 166 Å². The fraction of sp³-hybridized carbons (Fsp3) is 0.333. The van der Waals surface area contributed by atoms with Crippen molar-refractivity contribution in [2.75, 3.05) is 5.32 Å². The molecule has 0 bridgehead atoms. The maximum absolute atomic E-state index is 12.6. The van der Waals surface area contributed by atoms with Crippen LogP contribution in [0, 0.1) is 0 Å². The van der Waals surface area contributed by atoms with Crippen molar-refractivity contribution < 1.29 is 23.9 Å². The molecule has 0 saturated heterocycles. The van der Waals surface area contributed by atoms with E-state index in [4.69, 9.17) is 11.6 Å². The molecule has 3 N–H and O–H groups in total. The Bertz CT molecular complexity index is 916. The zero-order valence-corrected chi connectivity index (χ0v) is 17.6. The van der Waals surface area contributed by atoms with Gasteiger partial charge >= 0.3 is 7.60 Å². The highest BCUT2D eigenvalue weighted by Crippen LogP contribution is 2.62. The van der Waals surface area contributed by atoms with E-state index in [0.717, 1.165) is 11.3 Å². The van der Waals surface area contributed by atoms with E-state index in [1.54, 1.807) is 32.0 Å². The number of rotatable bonds is 7. The maximum atomic E-state index is 12.6. The van der Waals surface area contributed by atoms with Crippen LogP contribution in [-0.4, -0.2) is 21.5 Å². The SMILES string of the molecule is CCC(CC)(c1ccc(C(=O)Nc2ccc(Cl)cc2C(C)=O)s1)P(=O)(O)O. The summed E-state index contributed by atoms with van der Waals surface area (Å²) in [5.41, 5.74) is 0.624. The molecule has 0 atom stereocenters. The van der Waals surface area contributed by atoms with Crippen molar-refractivity contribution in [1.29, 1.82) is 0 Å². The molecule has 1 amide bonds. The summed E-state index contributed by atoms with van der Waals surface area (Å²) in [7, 11) is -4.42. The molecule has 1 aromatic heterocycles. The third-order valence-corrected chi connectivity index (χ3v) is 8.29. The van der Waals surface area contributed by atoms with Crippen LogP contribution in [0.3, 0.4) is 0 Å². The van der Waals surface area contributed by atoms with Crippen LogP contribution in [0.25, 0.3) is 0 Å². The second-order valence-electron chi connectivity index (χ2n) is 6.15. The van der Waals surface area contributed by atoms with Crippen molar-refractivity contribution in [3.63, 3.8) is 0 Å². The molecule has 0 unspecified atom stereocenters. The molecule has 27 heavy (non-hydrogen) atoms. The molecule has 6 nitrogen and oxygen atoms in total. The van der Waals surface area contributed by atoms with Crippen molar-refractivity contribution in [3.8, 4) is 0 Å². The average Bonchev–Trinajstić information content (AvgIpc) is 3.07. The molecule has 2 rings (SSSR count). The van der Waals surface area contributed by atoms with Crippen LogP contribution in [-0.2, 0) is 9.72 Å². The first-order valence-corrected chi connectivity index (χ1v) is 11.1. The van der Waals surface area contributed by atoms with Crippen LogP contribution in [0.4, 0.5) is 5.69 Å². The van der Waals surface area contributed by atoms with Crippen LogP contribution in [0.1, 0.15) is 58.5 Å². The fourth-order valence-electron chi connectivity index (χ4n) is 2.96. The highest BCUT2D eigenvalue weighted by atomic mass is 35.5. The van der Waals surface area contributed by atoms with Crippen molar-refractivity contribution in [2.24, 2.45) is 0 Å². The molecular formula is C18H21ClNO5PS. The van der Waals surface area contributed by atoms with Gasteiger partial charge in [-0.1, -0.05) is 25.4 Å². The van der Waals surface area contributed by atoms with Crippen LogP contribution in [0.2, 0.25) is 5.02 Å². The summed E-state index contributed by atoms with van der Waals surface area (Å²) in [5.74, 6) is -0.694. The van der Waals surface area contributed by atoms with E-state index in [9.17, 15) is 23.9 Å². The highest BCUT2D eigenvalue weighted by molar-refractivity contribution is 7.53. The summed E-state index contributed by atoms with van der Waals surface area (Å²) in [5, 5.41) is 1.75. The Hall–Kier alpha value is -1.50. The quantitative estimate of drug-likeness (QED) is 0.422. The Morgan fingerprint density at radius 3 is 2.33 bits per heavy atom. The minimum atomic E-state index is -4.42. The molecule has 1 heterocycles. The van der Waals surface area contributed by atoms with E-state index in [0.29, 0.717) is 26.0 Å². The molecule has 0 aliphatic carbocycles. The molecule has 0 saturated carbocycles. The lowest BCUT2D eigenvalue weighted by Gasteiger charge is -2.31. The fourth-order valence-corrected chi connectivity index (χ4v) is 5.95. The first kappa shape index (κ1) is 21.8. The summed E-state index contributed by atoms with van der Waals surface area (Å²) in [4.78, 5) is 44.8. The number of nitrogens with one attached hydrogen (secondary N) is 1. The number of anilines is 1. The number of carbonyl (C=O) groups is 2. The van der Waals surface area contributed by atoms with Gasteiger partial charge in [0.2, 0.25) is 0 Å². The molecule has 0 radical (unpaired) electrons. The summed E-state index contributed by atoms with van der Waals surface area (Å²) < 4.78 is 12.1. The Morgan fingerprint density at radius 1 is 1.19 bits per heavy atom.